The van der Waals surface area contributed by atoms with Crippen molar-refractivity contribution in [2.75, 3.05) is 6.61 Å². The fraction of sp³-hybridized carbons (Fsp3) is 0.769. The maximum atomic E-state index is 11.2. The van der Waals surface area contributed by atoms with Gasteiger partial charge < -0.3 is 15.3 Å². The summed E-state index contributed by atoms with van der Waals surface area (Å²) in [7, 11) is 0. The molecule has 5 aliphatic rings. The average molecular weight is 399 g/mol. The smallest absolute Gasteiger partial charge is 0.123 e. The van der Waals surface area contributed by atoms with Crippen LogP contribution in [0, 0.1) is 35.5 Å². The highest BCUT2D eigenvalue weighted by Crippen LogP contribution is 2.62. The van der Waals surface area contributed by atoms with Crippen LogP contribution < -0.4 is 0 Å². The molecule has 5 saturated carbocycles. The summed E-state index contributed by atoms with van der Waals surface area (Å²) in [6.45, 7) is 4.69. The van der Waals surface area contributed by atoms with Gasteiger partial charge in [0, 0.05) is 12.2 Å². The molecular formula is C26H38O3. The van der Waals surface area contributed by atoms with Gasteiger partial charge in [-0.05, 0) is 122 Å². The van der Waals surface area contributed by atoms with Crippen molar-refractivity contribution in [3.8, 4) is 11.5 Å². The van der Waals surface area contributed by atoms with E-state index in [1.54, 1.807) is 0 Å². The van der Waals surface area contributed by atoms with E-state index in [0.717, 1.165) is 42.6 Å². The lowest BCUT2D eigenvalue weighted by molar-refractivity contribution is -0.00539. The van der Waals surface area contributed by atoms with Crippen LogP contribution in [-0.2, 0) is 5.41 Å². The van der Waals surface area contributed by atoms with Gasteiger partial charge in [-0.2, -0.15) is 0 Å². The highest BCUT2D eigenvalue weighted by Gasteiger charge is 2.52. The Morgan fingerprint density at radius 3 is 1.93 bits per heavy atom. The molecule has 5 fully saturated rings. The quantitative estimate of drug-likeness (QED) is 0.608. The number of aliphatic hydroxyl groups excluding tert-OH is 1. The third-order valence-electron chi connectivity index (χ3n) is 9.28. The van der Waals surface area contributed by atoms with Gasteiger partial charge in [-0.1, -0.05) is 13.8 Å². The molecule has 0 saturated heterocycles. The summed E-state index contributed by atoms with van der Waals surface area (Å²) in [4.78, 5) is 0. The summed E-state index contributed by atoms with van der Waals surface area (Å²) in [5.74, 6) is 4.48. The molecule has 3 nitrogen and oxygen atoms in total. The molecule has 1 aromatic rings. The number of aliphatic hydroxyl groups is 1. The number of phenolic OH excluding ortho intramolecular Hbond substituents is 2. The Morgan fingerprint density at radius 1 is 0.897 bits per heavy atom. The number of phenols is 2. The van der Waals surface area contributed by atoms with E-state index in [9.17, 15) is 15.3 Å². The third-order valence-corrected chi connectivity index (χ3v) is 9.28. The predicted octanol–water partition coefficient (Wildman–Crippen LogP) is 5.71. The van der Waals surface area contributed by atoms with E-state index in [2.05, 4.69) is 13.8 Å². The van der Waals surface area contributed by atoms with Crippen LogP contribution in [0.25, 0.3) is 0 Å². The first-order chi connectivity index (χ1) is 13.9. The molecule has 29 heavy (non-hydrogen) atoms. The minimum Gasteiger partial charge on any atom is -0.508 e. The highest BCUT2D eigenvalue weighted by molar-refractivity contribution is 5.51. The number of hydrogen-bond donors (Lipinski definition) is 3. The fourth-order valence-electron chi connectivity index (χ4n) is 8.35. The van der Waals surface area contributed by atoms with Crippen LogP contribution in [0.2, 0.25) is 0 Å². The first kappa shape index (κ1) is 19.7. The minimum absolute atomic E-state index is 0.131. The van der Waals surface area contributed by atoms with E-state index in [-0.39, 0.29) is 23.9 Å². The van der Waals surface area contributed by atoms with Crippen molar-refractivity contribution >= 4 is 0 Å². The molecule has 0 aliphatic heterocycles. The highest BCUT2D eigenvalue weighted by atomic mass is 16.3. The molecule has 3 heteroatoms. The average Bonchev–Trinajstić information content (AvgIpc) is 2.66. The van der Waals surface area contributed by atoms with Gasteiger partial charge in [-0.3, -0.25) is 0 Å². The molecule has 160 valence electrons. The Kier molecular flexibility index (Phi) is 4.89. The second kappa shape index (κ2) is 7.18. The largest absolute Gasteiger partial charge is 0.508 e. The Morgan fingerprint density at radius 2 is 1.45 bits per heavy atom. The van der Waals surface area contributed by atoms with Crippen LogP contribution in [-0.4, -0.2) is 21.9 Å². The van der Waals surface area contributed by atoms with Gasteiger partial charge in [-0.25, -0.2) is 0 Å². The summed E-state index contributed by atoms with van der Waals surface area (Å²) in [5, 5.41) is 32.1. The zero-order chi connectivity index (χ0) is 20.3. The minimum atomic E-state index is 0.131. The Bertz CT molecular complexity index is 709. The first-order valence-electron chi connectivity index (χ1n) is 12.1. The normalized spacial score (nSPS) is 41.2. The number of benzene rings is 1. The van der Waals surface area contributed by atoms with E-state index in [1.165, 1.54) is 44.1 Å². The monoisotopic (exact) mass is 398 g/mol. The van der Waals surface area contributed by atoms with Gasteiger partial charge in [0.2, 0.25) is 0 Å². The molecular weight excluding hydrogens is 360 g/mol. The molecule has 1 aromatic carbocycles. The van der Waals surface area contributed by atoms with Crippen LogP contribution in [0.15, 0.2) is 12.1 Å². The topological polar surface area (TPSA) is 60.7 Å². The summed E-state index contributed by atoms with van der Waals surface area (Å²) in [6, 6.07) is 4.03. The number of hydrogen-bond acceptors (Lipinski definition) is 3. The summed E-state index contributed by atoms with van der Waals surface area (Å²) < 4.78 is 0. The SMILES string of the molecule is CC(C)[C@H]1CCC(CO)C[C@H]1c1c(O)cc(C23CC4CC(CC(C4)C2)C3)cc1O. The van der Waals surface area contributed by atoms with Crippen molar-refractivity contribution in [3.05, 3.63) is 23.3 Å². The molecule has 1 unspecified atom stereocenters. The maximum absolute atomic E-state index is 11.2. The summed E-state index contributed by atoms with van der Waals surface area (Å²) >= 11 is 0. The maximum Gasteiger partial charge on any atom is 0.123 e. The van der Waals surface area contributed by atoms with E-state index in [0.29, 0.717) is 23.3 Å². The second-order valence-electron chi connectivity index (χ2n) is 11.5. The lowest BCUT2D eigenvalue weighted by atomic mass is 9.48. The van der Waals surface area contributed by atoms with Gasteiger partial charge in [0.05, 0.1) is 0 Å². The summed E-state index contributed by atoms with van der Waals surface area (Å²) in [5.41, 5.74) is 2.11. The molecule has 0 aromatic heterocycles. The van der Waals surface area contributed by atoms with Crippen molar-refractivity contribution in [2.45, 2.75) is 83.0 Å². The molecule has 5 aliphatic carbocycles. The molecule has 3 atom stereocenters. The third kappa shape index (κ3) is 3.28. The lowest BCUT2D eigenvalue weighted by Gasteiger charge is -2.57. The van der Waals surface area contributed by atoms with Crippen molar-refractivity contribution in [1.82, 2.24) is 0 Å². The molecule has 4 bridgehead atoms. The van der Waals surface area contributed by atoms with Crippen LogP contribution in [0.1, 0.15) is 88.7 Å². The molecule has 0 heterocycles. The van der Waals surface area contributed by atoms with Crippen LogP contribution in [0.5, 0.6) is 11.5 Å². The van der Waals surface area contributed by atoms with Crippen molar-refractivity contribution in [1.29, 1.82) is 0 Å². The van der Waals surface area contributed by atoms with E-state index in [1.807, 2.05) is 12.1 Å². The van der Waals surface area contributed by atoms with Crippen molar-refractivity contribution < 1.29 is 15.3 Å². The standard InChI is InChI=1S/C26H38O3/c1-15(2)21-4-3-16(14-27)8-22(21)25-23(28)9-20(10-24(25)29)26-11-17-5-18(12-26)7-19(6-17)13-26/h9-10,15-19,21-22,27-29H,3-8,11-14H2,1-2H3/t16?,17?,18?,19?,21-,22-,26?/m1/s1. The first-order valence-corrected chi connectivity index (χ1v) is 12.1. The second-order valence-corrected chi connectivity index (χ2v) is 11.5. The Labute approximate surface area is 175 Å². The number of rotatable bonds is 4. The van der Waals surface area contributed by atoms with Gasteiger partial charge in [0.15, 0.2) is 0 Å². The molecule has 0 spiro atoms. The molecule has 3 N–H and O–H groups in total. The van der Waals surface area contributed by atoms with Gasteiger partial charge in [-0.15, -0.1) is 0 Å². The van der Waals surface area contributed by atoms with Crippen LogP contribution in [0.4, 0.5) is 0 Å². The summed E-state index contributed by atoms with van der Waals surface area (Å²) in [6.07, 6.45) is 10.9. The zero-order valence-corrected chi connectivity index (χ0v) is 18.1. The van der Waals surface area contributed by atoms with E-state index < -0.39 is 0 Å². The zero-order valence-electron chi connectivity index (χ0n) is 18.1. The molecule has 0 amide bonds. The van der Waals surface area contributed by atoms with E-state index in [4.69, 9.17) is 0 Å². The predicted molar refractivity (Wildman–Crippen MR) is 115 cm³/mol. The van der Waals surface area contributed by atoms with Gasteiger partial charge in [0.1, 0.15) is 11.5 Å². The Balaban J connectivity index is 1.50. The van der Waals surface area contributed by atoms with Gasteiger partial charge in [0.25, 0.3) is 0 Å². The van der Waals surface area contributed by atoms with Crippen molar-refractivity contribution in [2.24, 2.45) is 35.5 Å². The fourth-order valence-corrected chi connectivity index (χ4v) is 8.35. The van der Waals surface area contributed by atoms with Crippen LogP contribution in [0.3, 0.4) is 0 Å². The molecule has 0 radical (unpaired) electrons. The van der Waals surface area contributed by atoms with Crippen molar-refractivity contribution in [3.63, 3.8) is 0 Å². The Hall–Kier alpha value is -1.22. The van der Waals surface area contributed by atoms with Gasteiger partial charge >= 0.3 is 0 Å². The van der Waals surface area contributed by atoms with E-state index >= 15 is 0 Å². The number of aromatic hydroxyl groups is 2. The molecule has 6 rings (SSSR count). The lowest BCUT2D eigenvalue weighted by Crippen LogP contribution is -2.48. The van der Waals surface area contributed by atoms with Crippen LogP contribution >= 0.6 is 0 Å².